The number of fused-ring (bicyclic) bond motifs is 1. The first-order valence-electron chi connectivity index (χ1n) is 14.3. The molecule has 10 nitrogen and oxygen atoms in total. The van der Waals surface area contributed by atoms with E-state index >= 15 is 0 Å². The first kappa shape index (κ1) is 27.6. The van der Waals surface area contributed by atoms with Crippen molar-refractivity contribution in [3.8, 4) is 22.4 Å². The molecule has 0 bridgehead atoms. The molecule has 41 heavy (non-hydrogen) atoms. The van der Waals surface area contributed by atoms with Crippen molar-refractivity contribution in [2.24, 2.45) is 0 Å². The molecule has 0 spiro atoms. The summed E-state index contributed by atoms with van der Waals surface area (Å²) in [5.74, 6) is 0.819. The molecule has 1 amide bonds. The fourth-order valence-electron chi connectivity index (χ4n) is 5.56. The Morgan fingerprint density at radius 1 is 1.07 bits per heavy atom. The van der Waals surface area contributed by atoms with Gasteiger partial charge in [-0.15, -0.1) is 21.5 Å². The van der Waals surface area contributed by atoms with Crippen LogP contribution in [0.15, 0.2) is 42.2 Å². The molecule has 1 atom stereocenters. The van der Waals surface area contributed by atoms with Crippen molar-refractivity contribution in [2.45, 2.75) is 70.7 Å². The first-order valence-corrected chi connectivity index (χ1v) is 15.2. The highest BCUT2D eigenvalue weighted by molar-refractivity contribution is 7.17. The van der Waals surface area contributed by atoms with E-state index in [0.29, 0.717) is 13.1 Å². The Balaban J connectivity index is 1.15. The maximum atomic E-state index is 12.4. The number of piperidine rings is 1. The number of amides is 1. The van der Waals surface area contributed by atoms with Crippen LogP contribution in [-0.4, -0.2) is 74.3 Å². The van der Waals surface area contributed by atoms with Gasteiger partial charge < -0.3 is 19.3 Å². The van der Waals surface area contributed by atoms with E-state index in [1.807, 2.05) is 56.3 Å². The molecular formula is C30H37N7O3S. The number of ether oxygens (including phenoxy) is 2. The zero-order chi connectivity index (χ0) is 28.6. The lowest BCUT2D eigenvalue weighted by Gasteiger charge is -2.37. The number of carbonyl (C=O) groups is 1. The number of hydrogen-bond donors (Lipinski definition) is 0. The molecule has 11 heteroatoms. The summed E-state index contributed by atoms with van der Waals surface area (Å²) in [5, 5.41) is 13.8. The third-order valence-electron chi connectivity index (χ3n) is 7.80. The number of nitrogens with zero attached hydrogens (tertiary/aromatic N) is 7. The van der Waals surface area contributed by atoms with Crippen LogP contribution in [0.25, 0.3) is 32.6 Å². The SMILES string of the molecule is CN(c1ccc(-c2ccc(-c3cnn(C4CCCCO4)c3)c3ncsc23)nn1)C1CCN(C(=O)OC(C)(C)C)CC1. The van der Waals surface area contributed by atoms with E-state index in [9.17, 15) is 4.79 Å². The van der Waals surface area contributed by atoms with E-state index in [-0.39, 0.29) is 18.4 Å². The lowest BCUT2D eigenvalue weighted by atomic mass is 10.0. The normalized spacial score (nSPS) is 18.5. The van der Waals surface area contributed by atoms with Gasteiger partial charge in [-0.25, -0.2) is 14.5 Å². The Hall–Kier alpha value is -3.57. The monoisotopic (exact) mass is 575 g/mol. The Kier molecular flexibility index (Phi) is 7.65. The highest BCUT2D eigenvalue weighted by Gasteiger charge is 2.29. The van der Waals surface area contributed by atoms with Crippen molar-refractivity contribution in [1.82, 2.24) is 29.9 Å². The highest BCUT2D eigenvalue weighted by Crippen LogP contribution is 2.37. The van der Waals surface area contributed by atoms with Crippen LogP contribution in [-0.2, 0) is 9.47 Å². The van der Waals surface area contributed by atoms with Crippen molar-refractivity contribution in [2.75, 3.05) is 31.6 Å². The number of rotatable bonds is 5. The first-order chi connectivity index (χ1) is 19.8. The second-order valence-electron chi connectivity index (χ2n) is 11.8. The minimum Gasteiger partial charge on any atom is -0.444 e. The maximum absolute atomic E-state index is 12.4. The predicted molar refractivity (Wildman–Crippen MR) is 160 cm³/mol. The molecule has 4 aromatic rings. The van der Waals surface area contributed by atoms with E-state index in [1.54, 1.807) is 16.2 Å². The third-order valence-corrected chi connectivity index (χ3v) is 8.66. The minimum absolute atomic E-state index is 0.00661. The lowest BCUT2D eigenvalue weighted by Crippen LogP contribution is -2.47. The molecule has 2 saturated heterocycles. The second kappa shape index (κ2) is 11.4. The molecule has 0 N–H and O–H groups in total. The summed E-state index contributed by atoms with van der Waals surface area (Å²) in [6.07, 6.45) is 8.69. The van der Waals surface area contributed by atoms with Crippen molar-refractivity contribution < 1.29 is 14.3 Å². The van der Waals surface area contributed by atoms with Gasteiger partial charge in [0.2, 0.25) is 0 Å². The zero-order valence-corrected chi connectivity index (χ0v) is 24.9. The van der Waals surface area contributed by atoms with Crippen LogP contribution < -0.4 is 4.90 Å². The van der Waals surface area contributed by atoms with Gasteiger partial charge >= 0.3 is 6.09 Å². The van der Waals surface area contributed by atoms with Crippen molar-refractivity contribution in [1.29, 1.82) is 0 Å². The molecule has 2 aliphatic heterocycles. The van der Waals surface area contributed by atoms with Crippen LogP contribution >= 0.6 is 11.3 Å². The second-order valence-corrected chi connectivity index (χ2v) is 12.7. The van der Waals surface area contributed by atoms with Gasteiger partial charge in [0.15, 0.2) is 5.82 Å². The smallest absolute Gasteiger partial charge is 0.410 e. The Morgan fingerprint density at radius 2 is 1.88 bits per heavy atom. The molecule has 6 rings (SSSR count). The summed E-state index contributed by atoms with van der Waals surface area (Å²) in [6.45, 7) is 7.80. The van der Waals surface area contributed by atoms with Gasteiger partial charge in [0.25, 0.3) is 0 Å². The van der Waals surface area contributed by atoms with Gasteiger partial charge in [0, 0.05) is 55.7 Å². The number of benzene rings is 1. The van der Waals surface area contributed by atoms with E-state index in [1.165, 1.54) is 0 Å². The number of thiazole rings is 1. The zero-order valence-electron chi connectivity index (χ0n) is 24.1. The summed E-state index contributed by atoms with van der Waals surface area (Å²) >= 11 is 1.61. The average Bonchev–Trinajstić information content (AvgIpc) is 3.67. The third kappa shape index (κ3) is 5.92. The number of aromatic nitrogens is 5. The summed E-state index contributed by atoms with van der Waals surface area (Å²) < 4.78 is 14.5. The van der Waals surface area contributed by atoms with Crippen LogP contribution in [0.5, 0.6) is 0 Å². The van der Waals surface area contributed by atoms with Crippen LogP contribution in [0, 0.1) is 0 Å². The minimum atomic E-state index is -0.486. The standard InChI is InChI=1S/C30H37N7O3S/c1-30(2,3)40-29(38)36-14-12-21(13-15-36)35(4)25-11-10-24(33-34-25)23-9-8-22(27-28(23)41-19-31-27)20-17-32-37(18-20)26-7-5-6-16-39-26/h8-11,17-19,21,26H,5-7,12-16H2,1-4H3. The molecule has 3 aromatic heterocycles. The molecule has 1 unspecified atom stereocenters. The number of anilines is 1. The van der Waals surface area contributed by atoms with Gasteiger partial charge in [-0.2, -0.15) is 5.10 Å². The fraction of sp³-hybridized carbons (Fsp3) is 0.500. The largest absolute Gasteiger partial charge is 0.444 e. The van der Waals surface area contributed by atoms with Gasteiger partial charge in [0.05, 0.1) is 27.6 Å². The van der Waals surface area contributed by atoms with Gasteiger partial charge in [-0.05, 0) is 65.0 Å². The highest BCUT2D eigenvalue weighted by atomic mass is 32.1. The Bertz CT molecular complexity index is 1500. The number of likely N-dealkylation sites (tertiary alicyclic amines) is 1. The Morgan fingerprint density at radius 3 is 2.59 bits per heavy atom. The van der Waals surface area contributed by atoms with Crippen LogP contribution in [0.1, 0.15) is 59.1 Å². The average molecular weight is 576 g/mol. The topological polar surface area (TPSA) is 98.5 Å². The van der Waals surface area contributed by atoms with Crippen LogP contribution in [0.3, 0.4) is 0 Å². The molecule has 0 saturated carbocycles. The quantitative estimate of drug-likeness (QED) is 0.279. The number of hydrogen-bond acceptors (Lipinski definition) is 9. The number of carbonyl (C=O) groups excluding carboxylic acids is 1. The van der Waals surface area contributed by atoms with E-state index in [0.717, 1.165) is 77.1 Å². The fourth-order valence-corrected chi connectivity index (χ4v) is 6.40. The summed E-state index contributed by atoms with van der Waals surface area (Å²) in [5.41, 5.74) is 6.25. The van der Waals surface area contributed by atoms with E-state index in [4.69, 9.17) is 14.5 Å². The van der Waals surface area contributed by atoms with Gasteiger partial charge in [-0.1, -0.05) is 12.1 Å². The predicted octanol–water partition coefficient (Wildman–Crippen LogP) is 6.15. The maximum Gasteiger partial charge on any atom is 0.410 e. The molecule has 0 aliphatic carbocycles. The molecule has 216 valence electrons. The molecule has 0 radical (unpaired) electrons. The van der Waals surface area contributed by atoms with Crippen molar-refractivity contribution in [3.63, 3.8) is 0 Å². The molecular weight excluding hydrogens is 538 g/mol. The van der Waals surface area contributed by atoms with Crippen LogP contribution in [0.4, 0.5) is 10.6 Å². The van der Waals surface area contributed by atoms with Gasteiger partial charge in [-0.3, -0.25) is 0 Å². The van der Waals surface area contributed by atoms with Crippen LogP contribution in [0.2, 0.25) is 0 Å². The van der Waals surface area contributed by atoms with Gasteiger partial charge in [0.1, 0.15) is 11.8 Å². The molecule has 5 heterocycles. The van der Waals surface area contributed by atoms with E-state index < -0.39 is 5.60 Å². The summed E-state index contributed by atoms with van der Waals surface area (Å²) in [7, 11) is 2.05. The van der Waals surface area contributed by atoms with Crippen molar-refractivity contribution >= 4 is 33.5 Å². The summed E-state index contributed by atoms with van der Waals surface area (Å²) in [6, 6.07) is 8.53. The van der Waals surface area contributed by atoms with E-state index in [2.05, 4.69) is 38.5 Å². The summed E-state index contributed by atoms with van der Waals surface area (Å²) in [4.78, 5) is 21.1. The Labute approximate surface area is 244 Å². The molecule has 2 aliphatic rings. The van der Waals surface area contributed by atoms with Crippen molar-refractivity contribution in [3.05, 3.63) is 42.2 Å². The molecule has 2 fully saturated rings. The lowest BCUT2D eigenvalue weighted by molar-refractivity contribution is -0.0394. The molecule has 1 aromatic carbocycles.